The van der Waals surface area contributed by atoms with Crippen LogP contribution in [0.1, 0.15) is 11.1 Å². The third kappa shape index (κ3) is 3.36. The Hall–Kier alpha value is -3.38. The molecule has 124 valence electrons. The van der Waals surface area contributed by atoms with Crippen LogP contribution in [0.5, 0.6) is 0 Å². The van der Waals surface area contributed by atoms with Crippen LogP contribution in [0.3, 0.4) is 0 Å². The van der Waals surface area contributed by atoms with Crippen molar-refractivity contribution < 1.29 is 0 Å². The van der Waals surface area contributed by atoms with Crippen molar-refractivity contribution in [3.8, 4) is 0 Å². The maximum Gasteiger partial charge on any atom is -0.00992 e. The number of benzene rings is 2. The minimum absolute atomic E-state index is 1.22. The van der Waals surface area contributed by atoms with Gasteiger partial charge in [0.2, 0.25) is 0 Å². The van der Waals surface area contributed by atoms with Crippen LogP contribution in [0.4, 0.5) is 0 Å². The monoisotopic (exact) mass is 332 g/mol. The van der Waals surface area contributed by atoms with Gasteiger partial charge in [0, 0.05) is 0 Å². The molecule has 0 saturated heterocycles. The molecule has 2 aliphatic carbocycles. The van der Waals surface area contributed by atoms with E-state index in [0.29, 0.717) is 0 Å². The molecule has 0 radical (unpaired) electrons. The molecule has 0 heteroatoms. The molecule has 0 atom stereocenters. The van der Waals surface area contributed by atoms with Crippen LogP contribution in [0.2, 0.25) is 0 Å². The zero-order valence-corrected chi connectivity index (χ0v) is 14.5. The highest BCUT2D eigenvalue weighted by Gasteiger charge is 2.10. The van der Waals surface area contributed by atoms with Gasteiger partial charge in [-0.25, -0.2) is 0 Å². The smallest absolute Gasteiger partial charge is 0.00992 e. The molecule has 0 saturated carbocycles. The Balaban J connectivity index is 1.89. The summed E-state index contributed by atoms with van der Waals surface area (Å²) in [7, 11) is 0. The van der Waals surface area contributed by atoms with Gasteiger partial charge in [0.15, 0.2) is 0 Å². The predicted octanol–water partition coefficient (Wildman–Crippen LogP) is 6.97. The van der Waals surface area contributed by atoms with Gasteiger partial charge < -0.3 is 0 Å². The summed E-state index contributed by atoms with van der Waals surface area (Å²) in [6, 6.07) is 13.1. The third-order valence-corrected chi connectivity index (χ3v) is 4.54. The van der Waals surface area contributed by atoms with Crippen LogP contribution >= 0.6 is 0 Å². The van der Waals surface area contributed by atoms with Crippen molar-refractivity contribution in [1.82, 2.24) is 0 Å². The Bertz CT molecular complexity index is 974. The second-order valence-corrected chi connectivity index (χ2v) is 6.21. The van der Waals surface area contributed by atoms with E-state index in [9.17, 15) is 0 Å². The van der Waals surface area contributed by atoms with Gasteiger partial charge in [-0.15, -0.1) is 0 Å². The first-order valence-corrected chi connectivity index (χ1v) is 8.89. The molecule has 2 aromatic rings. The fourth-order valence-electron chi connectivity index (χ4n) is 3.29. The van der Waals surface area contributed by atoms with Gasteiger partial charge in [0.1, 0.15) is 0 Å². The van der Waals surface area contributed by atoms with E-state index in [0.717, 1.165) is 0 Å². The lowest BCUT2D eigenvalue weighted by molar-refractivity contribution is 1.62. The maximum atomic E-state index is 2.24. The highest BCUT2D eigenvalue weighted by molar-refractivity contribution is 6.03. The van der Waals surface area contributed by atoms with E-state index < -0.39 is 0 Å². The fraction of sp³-hybridized carbons (Fsp3) is 0. The SMILES string of the molecule is C1=CC=CC(c2ccc(C3=CC=CC=CC=C3)c3ccccc23)=CC=C1. The van der Waals surface area contributed by atoms with Gasteiger partial charge in [0.05, 0.1) is 0 Å². The average molecular weight is 332 g/mol. The first-order valence-electron chi connectivity index (χ1n) is 8.89. The standard InChI is InChI=1S/C26H20/c1-3-7-13-21(14-8-4-1)23-19-20-24(26-18-12-11-17-25(23)26)22-15-9-5-2-6-10-16-22/h1-20H. The minimum atomic E-state index is 1.22. The number of hydrogen-bond acceptors (Lipinski definition) is 0. The zero-order chi connectivity index (χ0) is 17.6. The lowest BCUT2D eigenvalue weighted by Crippen LogP contribution is -1.91. The van der Waals surface area contributed by atoms with Crippen molar-refractivity contribution in [3.63, 3.8) is 0 Å². The van der Waals surface area contributed by atoms with Gasteiger partial charge in [-0.1, -0.05) is 121 Å². The Morgan fingerprint density at radius 3 is 1.31 bits per heavy atom. The third-order valence-electron chi connectivity index (χ3n) is 4.54. The molecule has 0 N–H and O–H groups in total. The van der Waals surface area contributed by atoms with E-state index >= 15 is 0 Å². The Morgan fingerprint density at radius 1 is 0.385 bits per heavy atom. The van der Waals surface area contributed by atoms with E-state index in [4.69, 9.17) is 0 Å². The van der Waals surface area contributed by atoms with Crippen LogP contribution in [-0.2, 0) is 0 Å². The summed E-state index contributed by atoms with van der Waals surface area (Å²) >= 11 is 0. The second kappa shape index (κ2) is 7.67. The van der Waals surface area contributed by atoms with Gasteiger partial charge in [-0.2, -0.15) is 0 Å². The van der Waals surface area contributed by atoms with E-state index in [1.165, 1.54) is 33.0 Å². The topological polar surface area (TPSA) is 0 Å². The summed E-state index contributed by atoms with van der Waals surface area (Å²) in [5.41, 5.74) is 4.95. The van der Waals surface area contributed by atoms with Crippen LogP contribution < -0.4 is 0 Å². The largest absolute Gasteiger partial charge is 0.0623 e. The maximum absolute atomic E-state index is 2.24. The molecule has 2 aliphatic rings. The first kappa shape index (κ1) is 16.1. The molecular weight excluding hydrogens is 312 g/mol. The van der Waals surface area contributed by atoms with Crippen LogP contribution in [-0.4, -0.2) is 0 Å². The summed E-state index contributed by atoms with van der Waals surface area (Å²) in [5, 5.41) is 2.55. The molecule has 0 bridgehead atoms. The van der Waals surface area contributed by atoms with Crippen molar-refractivity contribution in [2.75, 3.05) is 0 Å². The second-order valence-electron chi connectivity index (χ2n) is 6.21. The predicted molar refractivity (Wildman–Crippen MR) is 115 cm³/mol. The Kier molecular flexibility index (Phi) is 4.75. The fourth-order valence-corrected chi connectivity index (χ4v) is 3.29. The van der Waals surface area contributed by atoms with Crippen molar-refractivity contribution in [3.05, 3.63) is 133 Å². The van der Waals surface area contributed by atoms with Gasteiger partial charge in [-0.05, 0) is 33.0 Å². The molecule has 2 aromatic carbocycles. The quantitative estimate of drug-likeness (QED) is 0.557. The molecule has 0 aromatic heterocycles. The van der Waals surface area contributed by atoms with Gasteiger partial charge >= 0.3 is 0 Å². The van der Waals surface area contributed by atoms with Crippen LogP contribution in [0, 0.1) is 0 Å². The first-order chi connectivity index (χ1) is 12.9. The van der Waals surface area contributed by atoms with Crippen molar-refractivity contribution in [2.45, 2.75) is 0 Å². The molecule has 0 nitrogen and oxygen atoms in total. The number of fused-ring (bicyclic) bond motifs is 1. The summed E-state index contributed by atoms with van der Waals surface area (Å²) in [4.78, 5) is 0. The van der Waals surface area contributed by atoms with Crippen LogP contribution in [0.25, 0.3) is 21.9 Å². The zero-order valence-electron chi connectivity index (χ0n) is 14.5. The highest BCUT2D eigenvalue weighted by atomic mass is 14.1. The van der Waals surface area contributed by atoms with E-state index in [2.05, 4.69) is 109 Å². The molecule has 26 heavy (non-hydrogen) atoms. The van der Waals surface area contributed by atoms with E-state index in [-0.39, 0.29) is 0 Å². The Labute approximate surface area is 154 Å². The molecule has 0 unspecified atom stereocenters. The minimum Gasteiger partial charge on any atom is -0.0623 e. The number of hydrogen-bond donors (Lipinski definition) is 0. The summed E-state index contributed by atoms with van der Waals surface area (Å²) in [6.45, 7) is 0. The molecule has 0 aliphatic heterocycles. The van der Waals surface area contributed by atoms with Gasteiger partial charge in [0.25, 0.3) is 0 Å². The van der Waals surface area contributed by atoms with E-state index in [1.807, 2.05) is 12.2 Å². The number of rotatable bonds is 2. The van der Waals surface area contributed by atoms with Crippen LogP contribution in [0.15, 0.2) is 121 Å². The summed E-state index contributed by atoms with van der Waals surface area (Å²) < 4.78 is 0. The normalized spacial score (nSPS) is 16.0. The lowest BCUT2D eigenvalue weighted by Gasteiger charge is -2.13. The number of allylic oxidation sites excluding steroid dienone is 16. The van der Waals surface area contributed by atoms with Crippen molar-refractivity contribution in [1.29, 1.82) is 0 Å². The average Bonchev–Trinajstić information content (AvgIpc) is 2.61. The lowest BCUT2D eigenvalue weighted by atomic mass is 9.91. The molecule has 4 rings (SSSR count). The Morgan fingerprint density at radius 2 is 0.808 bits per heavy atom. The summed E-state index contributed by atoms with van der Waals surface area (Å²) in [5.74, 6) is 0. The molecule has 0 fully saturated rings. The van der Waals surface area contributed by atoms with Crippen molar-refractivity contribution in [2.24, 2.45) is 0 Å². The van der Waals surface area contributed by atoms with Crippen molar-refractivity contribution >= 4 is 21.9 Å². The summed E-state index contributed by atoms with van der Waals surface area (Å²) in [6.07, 6.45) is 29.4. The van der Waals surface area contributed by atoms with E-state index in [1.54, 1.807) is 0 Å². The molecule has 0 amide bonds. The van der Waals surface area contributed by atoms with Gasteiger partial charge in [-0.3, -0.25) is 0 Å². The highest BCUT2D eigenvalue weighted by Crippen LogP contribution is 2.33. The molecular formula is C26H20. The molecule has 0 heterocycles. The molecule has 0 spiro atoms.